The van der Waals surface area contributed by atoms with Gasteiger partial charge >= 0.3 is 6.09 Å². The molecule has 0 unspecified atom stereocenters. The Bertz CT molecular complexity index is 1310. The van der Waals surface area contributed by atoms with E-state index in [0.717, 1.165) is 17.8 Å². The number of piperazine rings is 1. The number of anilines is 1. The predicted molar refractivity (Wildman–Crippen MR) is 145 cm³/mol. The molecule has 2 aromatic heterocycles. The number of carbonyl (C=O) groups excluding carboxylic acids is 2. The van der Waals surface area contributed by atoms with Crippen LogP contribution in [-0.4, -0.2) is 75.4 Å². The van der Waals surface area contributed by atoms with Crippen molar-refractivity contribution in [2.75, 3.05) is 38.1 Å². The number of nitrogens with zero attached hydrogens (tertiary/aromatic N) is 6. The Morgan fingerprint density at radius 1 is 1.14 bits per heavy atom. The van der Waals surface area contributed by atoms with E-state index >= 15 is 0 Å². The van der Waals surface area contributed by atoms with Crippen molar-refractivity contribution < 1.29 is 14.3 Å². The second-order valence-corrected chi connectivity index (χ2v) is 10.8. The fourth-order valence-corrected chi connectivity index (χ4v) is 4.63. The summed E-state index contributed by atoms with van der Waals surface area (Å²) in [5, 5.41) is 5.66. The molecule has 0 N–H and O–H groups in total. The molecule has 9 nitrogen and oxygen atoms in total. The van der Waals surface area contributed by atoms with Crippen molar-refractivity contribution in [1.82, 2.24) is 24.6 Å². The highest BCUT2D eigenvalue weighted by Crippen LogP contribution is 2.28. The minimum absolute atomic E-state index is 0.119. The molecule has 0 aliphatic carbocycles. The zero-order valence-corrected chi connectivity index (χ0v) is 23.2. The quantitative estimate of drug-likeness (QED) is 0.477. The van der Waals surface area contributed by atoms with Crippen molar-refractivity contribution in [2.45, 2.75) is 53.3 Å². The Balaban J connectivity index is 1.58. The van der Waals surface area contributed by atoms with Crippen molar-refractivity contribution >= 4 is 40.3 Å². The third-order valence-corrected chi connectivity index (χ3v) is 6.74. The first-order chi connectivity index (χ1) is 17.5. The van der Waals surface area contributed by atoms with E-state index in [1.165, 1.54) is 0 Å². The van der Waals surface area contributed by atoms with Gasteiger partial charge < -0.3 is 19.4 Å². The maximum absolute atomic E-state index is 13.7. The van der Waals surface area contributed by atoms with E-state index in [1.54, 1.807) is 29.0 Å². The number of amides is 2. The van der Waals surface area contributed by atoms with Gasteiger partial charge in [-0.3, -0.25) is 9.48 Å². The van der Waals surface area contributed by atoms with Gasteiger partial charge in [-0.05, 0) is 58.9 Å². The summed E-state index contributed by atoms with van der Waals surface area (Å²) in [5.41, 5.74) is 2.76. The molecule has 3 aromatic rings. The number of pyridine rings is 1. The van der Waals surface area contributed by atoms with Crippen LogP contribution < -0.4 is 4.90 Å². The first kappa shape index (κ1) is 26.7. The third kappa shape index (κ3) is 5.98. The van der Waals surface area contributed by atoms with E-state index < -0.39 is 5.60 Å². The summed E-state index contributed by atoms with van der Waals surface area (Å²) < 4.78 is 7.43. The molecule has 1 aromatic carbocycles. The van der Waals surface area contributed by atoms with Gasteiger partial charge in [-0.15, -0.1) is 0 Å². The Labute approximate surface area is 222 Å². The van der Waals surface area contributed by atoms with Crippen molar-refractivity contribution in [3.63, 3.8) is 0 Å². The fraction of sp³-hybridized carbons (Fsp3) is 0.481. The van der Waals surface area contributed by atoms with Crippen LogP contribution in [0.15, 0.2) is 30.5 Å². The van der Waals surface area contributed by atoms with Gasteiger partial charge in [0.1, 0.15) is 11.4 Å². The molecule has 37 heavy (non-hydrogen) atoms. The van der Waals surface area contributed by atoms with Crippen LogP contribution in [0.25, 0.3) is 10.9 Å². The molecule has 0 spiro atoms. The third-order valence-electron chi connectivity index (χ3n) is 6.50. The molecule has 1 aliphatic heterocycles. The molecule has 4 rings (SSSR count). The number of fused-ring (bicyclic) bond motifs is 1. The zero-order valence-electron chi connectivity index (χ0n) is 22.4. The molecular formula is C27H35ClN6O3. The first-order valence-electron chi connectivity index (χ1n) is 12.6. The molecule has 0 atom stereocenters. The van der Waals surface area contributed by atoms with Gasteiger partial charge in [-0.2, -0.15) is 5.10 Å². The van der Waals surface area contributed by atoms with Crippen LogP contribution in [-0.2, 0) is 17.8 Å². The SMILES string of the molecule is CCn1ncc(CN(C)C(=O)c2cc(N3CCN(C(=O)OC(C)(C)C)CC3)nc3ccc(Cl)cc23)c1C. The van der Waals surface area contributed by atoms with Crippen LogP contribution in [0.4, 0.5) is 10.6 Å². The summed E-state index contributed by atoms with van der Waals surface area (Å²) in [7, 11) is 1.79. The Morgan fingerprint density at radius 3 is 2.46 bits per heavy atom. The van der Waals surface area contributed by atoms with Crippen molar-refractivity contribution in [3.8, 4) is 0 Å². The number of hydrogen-bond acceptors (Lipinski definition) is 6. The number of ether oxygens (including phenoxy) is 1. The van der Waals surface area contributed by atoms with Crippen molar-refractivity contribution in [2.24, 2.45) is 0 Å². The van der Waals surface area contributed by atoms with Crippen LogP contribution in [0.1, 0.15) is 49.3 Å². The van der Waals surface area contributed by atoms with Gasteiger partial charge in [0, 0.05) is 68.0 Å². The summed E-state index contributed by atoms with van der Waals surface area (Å²) in [6.07, 6.45) is 1.51. The summed E-state index contributed by atoms with van der Waals surface area (Å²) in [4.78, 5) is 36.5. The lowest BCUT2D eigenvalue weighted by Gasteiger charge is -2.36. The minimum Gasteiger partial charge on any atom is -0.444 e. The van der Waals surface area contributed by atoms with Crippen molar-refractivity contribution in [3.05, 3.63) is 52.3 Å². The summed E-state index contributed by atoms with van der Waals surface area (Å²) in [5.74, 6) is 0.581. The van der Waals surface area contributed by atoms with Crippen LogP contribution in [0, 0.1) is 6.92 Å². The molecule has 0 saturated carbocycles. The maximum atomic E-state index is 13.7. The highest BCUT2D eigenvalue weighted by Gasteiger charge is 2.27. The van der Waals surface area contributed by atoms with Crippen LogP contribution in [0.5, 0.6) is 0 Å². The number of rotatable bonds is 5. The summed E-state index contributed by atoms with van der Waals surface area (Å²) in [6, 6.07) is 7.24. The number of carbonyl (C=O) groups is 2. The second kappa shape index (κ2) is 10.6. The smallest absolute Gasteiger partial charge is 0.410 e. The maximum Gasteiger partial charge on any atom is 0.410 e. The van der Waals surface area contributed by atoms with E-state index in [0.29, 0.717) is 60.0 Å². The van der Waals surface area contributed by atoms with Crippen LogP contribution in [0.2, 0.25) is 5.02 Å². The molecule has 2 amide bonds. The van der Waals surface area contributed by atoms with Gasteiger partial charge in [0.15, 0.2) is 0 Å². The lowest BCUT2D eigenvalue weighted by molar-refractivity contribution is 0.0240. The molecule has 1 saturated heterocycles. The lowest BCUT2D eigenvalue weighted by atomic mass is 10.1. The number of aromatic nitrogens is 3. The average Bonchev–Trinajstić information content (AvgIpc) is 3.20. The number of hydrogen-bond donors (Lipinski definition) is 0. The highest BCUT2D eigenvalue weighted by atomic mass is 35.5. The molecule has 0 radical (unpaired) electrons. The van der Waals surface area contributed by atoms with E-state index in [1.807, 2.05) is 57.6 Å². The van der Waals surface area contributed by atoms with E-state index in [-0.39, 0.29) is 12.0 Å². The molecule has 0 bridgehead atoms. The fourth-order valence-electron chi connectivity index (χ4n) is 4.46. The first-order valence-corrected chi connectivity index (χ1v) is 12.9. The highest BCUT2D eigenvalue weighted by molar-refractivity contribution is 6.31. The number of aryl methyl sites for hydroxylation is 1. The average molecular weight is 527 g/mol. The molecule has 3 heterocycles. The Morgan fingerprint density at radius 2 is 1.84 bits per heavy atom. The van der Waals surface area contributed by atoms with E-state index in [4.69, 9.17) is 21.3 Å². The molecular weight excluding hydrogens is 492 g/mol. The number of halogens is 1. The van der Waals surface area contributed by atoms with Crippen molar-refractivity contribution in [1.29, 1.82) is 0 Å². The summed E-state index contributed by atoms with van der Waals surface area (Å²) in [6.45, 7) is 13.1. The standard InChI is InChI=1S/C27H35ClN6O3/c1-7-34-18(2)19(16-29-34)17-31(6)25(35)22-15-24(30-23-9-8-20(28)14-21(22)23)32-10-12-33(13-11-32)26(36)37-27(3,4)5/h8-9,14-16H,7,10-13,17H2,1-6H3. The largest absolute Gasteiger partial charge is 0.444 e. The van der Waals surface area contributed by atoms with Crippen LogP contribution >= 0.6 is 11.6 Å². The van der Waals surface area contributed by atoms with Crippen LogP contribution in [0.3, 0.4) is 0 Å². The Hall–Kier alpha value is -3.33. The van der Waals surface area contributed by atoms with E-state index in [9.17, 15) is 9.59 Å². The normalized spacial score (nSPS) is 14.2. The number of benzene rings is 1. The zero-order chi connectivity index (χ0) is 26.9. The predicted octanol–water partition coefficient (Wildman–Crippen LogP) is 4.74. The van der Waals surface area contributed by atoms with Gasteiger partial charge in [0.25, 0.3) is 5.91 Å². The van der Waals surface area contributed by atoms with Gasteiger partial charge in [-0.25, -0.2) is 9.78 Å². The molecule has 1 fully saturated rings. The molecule has 1 aliphatic rings. The monoisotopic (exact) mass is 526 g/mol. The van der Waals surface area contributed by atoms with Gasteiger partial charge in [0.2, 0.25) is 0 Å². The summed E-state index contributed by atoms with van der Waals surface area (Å²) >= 11 is 6.30. The van der Waals surface area contributed by atoms with Gasteiger partial charge in [0.05, 0.1) is 17.3 Å². The minimum atomic E-state index is -0.537. The molecule has 10 heteroatoms. The van der Waals surface area contributed by atoms with E-state index in [2.05, 4.69) is 10.00 Å². The topological polar surface area (TPSA) is 83.8 Å². The second-order valence-electron chi connectivity index (χ2n) is 10.4. The molecule has 198 valence electrons. The lowest BCUT2D eigenvalue weighted by Crippen LogP contribution is -2.50. The Kier molecular flexibility index (Phi) is 7.64. The van der Waals surface area contributed by atoms with Gasteiger partial charge in [-0.1, -0.05) is 11.6 Å².